The zero-order chi connectivity index (χ0) is 19.6. The third-order valence-electron chi connectivity index (χ3n) is 5.52. The normalized spacial score (nSPS) is 19.5. The summed E-state index contributed by atoms with van der Waals surface area (Å²) in [6, 6.07) is 12.8. The van der Waals surface area contributed by atoms with Gasteiger partial charge in [-0.25, -0.2) is 4.79 Å². The molecule has 4 amide bonds. The van der Waals surface area contributed by atoms with Crippen molar-refractivity contribution in [2.24, 2.45) is 0 Å². The van der Waals surface area contributed by atoms with Crippen molar-refractivity contribution in [2.75, 3.05) is 6.54 Å². The summed E-state index contributed by atoms with van der Waals surface area (Å²) in [7, 11) is 0. The summed E-state index contributed by atoms with van der Waals surface area (Å²) in [5.41, 5.74) is 0.154. The van der Waals surface area contributed by atoms with Gasteiger partial charge < -0.3 is 10.6 Å². The van der Waals surface area contributed by atoms with E-state index >= 15 is 0 Å². The molecule has 1 aliphatic carbocycles. The minimum atomic E-state index is -0.803. The summed E-state index contributed by atoms with van der Waals surface area (Å²) in [4.78, 5) is 40.1. The van der Waals surface area contributed by atoms with Crippen molar-refractivity contribution in [2.45, 2.75) is 43.7 Å². The van der Waals surface area contributed by atoms with E-state index in [9.17, 15) is 14.4 Å². The van der Waals surface area contributed by atoms with E-state index in [1.807, 2.05) is 47.8 Å². The van der Waals surface area contributed by atoms with Crippen LogP contribution in [-0.4, -0.2) is 34.8 Å². The van der Waals surface area contributed by atoms with Gasteiger partial charge in [-0.05, 0) is 29.9 Å². The van der Waals surface area contributed by atoms with E-state index in [1.54, 1.807) is 11.3 Å². The number of amides is 4. The molecule has 1 saturated heterocycles. The van der Waals surface area contributed by atoms with Crippen molar-refractivity contribution in [1.82, 2.24) is 15.5 Å². The van der Waals surface area contributed by atoms with Gasteiger partial charge in [0.2, 0.25) is 5.91 Å². The van der Waals surface area contributed by atoms with Gasteiger partial charge in [0.25, 0.3) is 5.91 Å². The molecule has 2 fully saturated rings. The van der Waals surface area contributed by atoms with E-state index in [0.29, 0.717) is 12.8 Å². The smallest absolute Gasteiger partial charge is 0.325 e. The van der Waals surface area contributed by atoms with E-state index in [0.717, 1.165) is 34.6 Å². The van der Waals surface area contributed by atoms with Crippen LogP contribution in [-0.2, 0) is 9.59 Å². The Morgan fingerprint density at radius 2 is 1.86 bits per heavy atom. The maximum Gasteiger partial charge on any atom is 0.325 e. The van der Waals surface area contributed by atoms with Crippen molar-refractivity contribution >= 4 is 29.2 Å². The number of carbonyl (C=O) groups excluding carboxylic acids is 3. The van der Waals surface area contributed by atoms with Crippen LogP contribution in [0.3, 0.4) is 0 Å². The fraction of sp³-hybridized carbons (Fsp3) is 0.381. The summed E-state index contributed by atoms with van der Waals surface area (Å²) in [5.74, 6) is -0.613. The van der Waals surface area contributed by atoms with Crippen LogP contribution in [0.2, 0.25) is 0 Å². The van der Waals surface area contributed by atoms with Gasteiger partial charge in [-0.2, -0.15) is 0 Å². The first-order valence-electron chi connectivity index (χ1n) is 9.61. The maximum absolute atomic E-state index is 12.9. The molecule has 1 aliphatic heterocycles. The minimum absolute atomic E-state index is 0.263. The molecule has 0 unspecified atom stereocenters. The number of carbonyl (C=O) groups is 3. The fourth-order valence-corrected chi connectivity index (χ4v) is 4.89. The average molecular weight is 398 g/mol. The number of nitrogens with zero attached hydrogens (tertiary/aromatic N) is 1. The highest BCUT2D eigenvalue weighted by Crippen LogP contribution is 2.33. The molecular weight excluding hydrogens is 374 g/mol. The van der Waals surface area contributed by atoms with Crippen LogP contribution < -0.4 is 10.6 Å². The van der Waals surface area contributed by atoms with Crippen molar-refractivity contribution in [1.29, 1.82) is 0 Å². The number of urea groups is 1. The molecule has 7 heteroatoms. The molecule has 1 saturated carbocycles. The van der Waals surface area contributed by atoms with E-state index in [2.05, 4.69) is 10.6 Å². The van der Waals surface area contributed by atoms with Crippen LogP contribution in [0.15, 0.2) is 47.8 Å². The zero-order valence-corrected chi connectivity index (χ0v) is 16.3. The van der Waals surface area contributed by atoms with E-state index in [-0.39, 0.29) is 24.4 Å². The summed E-state index contributed by atoms with van der Waals surface area (Å²) >= 11 is 1.55. The highest BCUT2D eigenvalue weighted by molar-refractivity contribution is 7.10. The second-order valence-corrected chi connectivity index (χ2v) is 8.37. The Kier molecular flexibility index (Phi) is 5.17. The molecule has 2 aromatic rings. The molecule has 1 spiro atoms. The predicted molar refractivity (Wildman–Crippen MR) is 107 cm³/mol. The monoisotopic (exact) mass is 397 g/mol. The average Bonchev–Trinajstić information content (AvgIpc) is 3.31. The second-order valence-electron chi connectivity index (χ2n) is 7.39. The number of benzene rings is 1. The van der Waals surface area contributed by atoms with Crippen molar-refractivity contribution in [3.63, 3.8) is 0 Å². The maximum atomic E-state index is 12.9. The molecule has 2 heterocycles. The Morgan fingerprint density at radius 3 is 2.54 bits per heavy atom. The quantitative estimate of drug-likeness (QED) is 0.761. The van der Waals surface area contributed by atoms with Gasteiger partial charge in [0.1, 0.15) is 12.1 Å². The first kappa shape index (κ1) is 18.7. The van der Waals surface area contributed by atoms with Crippen molar-refractivity contribution in [3.05, 3.63) is 58.3 Å². The number of nitrogens with one attached hydrogen (secondary N) is 2. The number of thiophene rings is 1. The third kappa shape index (κ3) is 3.54. The SMILES string of the molecule is O=C(CN1C(=O)NC2(CCCCC2)C1=O)N[C@H](c1ccccc1)c1cccs1. The van der Waals surface area contributed by atoms with Crippen LogP contribution in [0.1, 0.15) is 48.6 Å². The number of hydrogen-bond donors (Lipinski definition) is 2. The molecule has 6 nitrogen and oxygen atoms in total. The highest BCUT2D eigenvalue weighted by atomic mass is 32.1. The molecule has 4 rings (SSSR count). The lowest BCUT2D eigenvalue weighted by Gasteiger charge is -2.30. The molecule has 2 aliphatic rings. The van der Waals surface area contributed by atoms with Crippen LogP contribution >= 0.6 is 11.3 Å². The number of imide groups is 1. The Labute approximate surface area is 167 Å². The van der Waals surface area contributed by atoms with E-state index < -0.39 is 11.6 Å². The van der Waals surface area contributed by atoms with E-state index in [4.69, 9.17) is 0 Å². The second kappa shape index (κ2) is 7.75. The molecule has 1 atom stereocenters. The third-order valence-corrected chi connectivity index (χ3v) is 6.46. The zero-order valence-electron chi connectivity index (χ0n) is 15.5. The summed E-state index contributed by atoms with van der Waals surface area (Å²) in [6.45, 7) is -0.263. The Morgan fingerprint density at radius 1 is 1.11 bits per heavy atom. The molecule has 1 aromatic carbocycles. The lowest BCUT2D eigenvalue weighted by Crippen LogP contribution is -2.49. The molecular formula is C21H23N3O3S. The van der Waals surface area contributed by atoms with Gasteiger partial charge in [0.05, 0.1) is 6.04 Å². The Hall–Kier alpha value is -2.67. The summed E-state index contributed by atoms with van der Waals surface area (Å²) < 4.78 is 0. The van der Waals surface area contributed by atoms with Gasteiger partial charge in [-0.15, -0.1) is 11.3 Å². The van der Waals surface area contributed by atoms with Gasteiger partial charge in [-0.1, -0.05) is 55.7 Å². The highest BCUT2D eigenvalue weighted by Gasteiger charge is 2.51. The summed E-state index contributed by atoms with van der Waals surface area (Å²) in [6.07, 6.45) is 4.21. The van der Waals surface area contributed by atoms with Crippen LogP contribution in [0.4, 0.5) is 4.79 Å². The standard InChI is InChI=1S/C21H23N3O3S/c25-17(14-24-19(26)21(23-20(24)27)11-5-2-6-12-21)22-18(16-10-7-13-28-16)15-8-3-1-4-9-15/h1,3-4,7-10,13,18H,2,5-6,11-12,14H2,(H,22,25)(H,23,27)/t18-/m1/s1. The first-order chi connectivity index (χ1) is 13.6. The van der Waals surface area contributed by atoms with Crippen LogP contribution in [0.25, 0.3) is 0 Å². The molecule has 1 aromatic heterocycles. The molecule has 0 radical (unpaired) electrons. The lowest BCUT2D eigenvalue weighted by molar-refractivity contribution is -0.136. The minimum Gasteiger partial charge on any atom is -0.343 e. The van der Waals surface area contributed by atoms with Gasteiger partial charge in [0, 0.05) is 4.88 Å². The molecule has 2 N–H and O–H groups in total. The van der Waals surface area contributed by atoms with Crippen molar-refractivity contribution < 1.29 is 14.4 Å². The van der Waals surface area contributed by atoms with Gasteiger partial charge in [0.15, 0.2) is 0 Å². The number of hydrogen-bond acceptors (Lipinski definition) is 4. The first-order valence-corrected chi connectivity index (χ1v) is 10.5. The fourth-order valence-electron chi connectivity index (χ4n) is 4.08. The van der Waals surface area contributed by atoms with Crippen molar-refractivity contribution in [3.8, 4) is 0 Å². The topological polar surface area (TPSA) is 78.5 Å². The predicted octanol–water partition coefficient (Wildman–Crippen LogP) is 3.21. The number of rotatable bonds is 5. The van der Waals surface area contributed by atoms with Gasteiger partial charge in [-0.3, -0.25) is 14.5 Å². The van der Waals surface area contributed by atoms with Gasteiger partial charge >= 0.3 is 6.03 Å². The Balaban J connectivity index is 1.48. The van der Waals surface area contributed by atoms with Crippen LogP contribution in [0, 0.1) is 0 Å². The largest absolute Gasteiger partial charge is 0.343 e. The Bertz CT molecular complexity index is 860. The molecule has 146 valence electrons. The molecule has 28 heavy (non-hydrogen) atoms. The summed E-state index contributed by atoms with van der Waals surface area (Å²) in [5, 5.41) is 7.80. The van der Waals surface area contributed by atoms with E-state index in [1.165, 1.54) is 0 Å². The molecule has 0 bridgehead atoms. The van der Waals surface area contributed by atoms with Crippen LogP contribution in [0.5, 0.6) is 0 Å². The lowest BCUT2D eigenvalue weighted by atomic mass is 9.82.